The Morgan fingerprint density at radius 3 is 2.54 bits per heavy atom. The van der Waals surface area contributed by atoms with Crippen molar-refractivity contribution in [3.8, 4) is 11.4 Å². The fourth-order valence-electron chi connectivity index (χ4n) is 3.38. The van der Waals surface area contributed by atoms with Gasteiger partial charge in [0.25, 0.3) is 5.89 Å². The molecule has 0 spiro atoms. The van der Waals surface area contributed by atoms with Gasteiger partial charge in [-0.1, -0.05) is 59.2 Å². The number of carbonyl (C=O) groups is 1. The Morgan fingerprint density at radius 1 is 1.14 bits per heavy atom. The van der Waals surface area contributed by atoms with Crippen molar-refractivity contribution in [1.29, 1.82) is 0 Å². The first-order chi connectivity index (χ1) is 13.6. The molecule has 4 rings (SSSR count). The second-order valence-electron chi connectivity index (χ2n) is 6.47. The van der Waals surface area contributed by atoms with Crippen molar-refractivity contribution in [1.82, 2.24) is 20.4 Å². The van der Waals surface area contributed by atoms with Crippen molar-refractivity contribution in [2.75, 3.05) is 6.54 Å². The average Bonchev–Trinajstić information content (AvgIpc) is 3.19. The molecular formula is C21H19ClN4O2. The van der Waals surface area contributed by atoms with Crippen molar-refractivity contribution in [3.05, 3.63) is 76.8 Å². The van der Waals surface area contributed by atoms with E-state index in [1.54, 1.807) is 17.0 Å². The van der Waals surface area contributed by atoms with Crippen LogP contribution in [0, 0.1) is 0 Å². The van der Waals surface area contributed by atoms with Crippen molar-refractivity contribution in [2.45, 2.75) is 19.9 Å². The number of hydrogen-bond donors (Lipinski definition) is 1. The molecule has 6 nitrogen and oxygen atoms in total. The molecule has 0 aliphatic carbocycles. The molecule has 7 heteroatoms. The number of nitrogens with zero attached hydrogens (tertiary/aromatic N) is 3. The van der Waals surface area contributed by atoms with Crippen LogP contribution in [0.5, 0.6) is 0 Å². The lowest BCUT2D eigenvalue weighted by molar-refractivity contribution is 0.207. The van der Waals surface area contributed by atoms with E-state index >= 15 is 0 Å². The molecule has 28 heavy (non-hydrogen) atoms. The minimum Gasteiger partial charge on any atom is -0.334 e. The molecule has 2 amide bonds. The second kappa shape index (κ2) is 7.48. The number of amides is 2. The molecule has 2 aromatic carbocycles. The van der Waals surface area contributed by atoms with Crippen LogP contribution in [0.4, 0.5) is 4.79 Å². The highest BCUT2D eigenvalue weighted by Gasteiger charge is 2.35. The fraction of sp³-hybridized carbons (Fsp3) is 0.190. The van der Waals surface area contributed by atoms with E-state index in [0.29, 0.717) is 23.3 Å². The Bertz CT molecular complexity index is 1030. The summed E-state index contributed by atoms with van der Waals surface area (Å²) < 4.78 is 5.61. The molecule has 0 radical (unpaired) electrons. The number of nitrogens with one attached hydrogen (secondary N) is 1. The predicted molar refractivity (Wildman–Crippen MR) is 107 cm³/mol. The van der Waals surface area contributed by atoms with Gasteiger partial charge >= 0.3 is 6.03 Å². The summed E-state index contributed by atoms with van der Waals surface area (Å²) in [5.74, 6) is 0.889. The lowest BCUT2D eigenvalue weighted by atomic mass is 9.95. The van der Waals surface area contributed by atoms with Gasteiger partial charge in [0.15, 0.2) is 0 Å². The zero-order chi connectivity index (χ0) is 19.7. The van der Waals surface area contributed by atoms with Gasteiger partial charge in [-0.05, 0) is 31.5 Å². The van der Waals surface area contributed by atoms with Gasteiger partial charge in [0.05, 0.1) is 11.6 Å². The van der Waals surface area contributed by atoms with Crippen molar-refractivity contribution < 1.29 is 9.32 Å². The fourth-order valence-corrected chi connectivity index (χ4v) is 3.51. The smallest absolute Gasteiger partial charge is 0.322 e. The standard InChI is InChI=1S/C21H19ClN4O2/c1-3-26-13(2)17(18(23-21(26)27)14-9-11-16(22)12-10-14)20-24-19(25-28-20)15-7-5-4-6-8-15/h4-12,18H,3H2,1-2H3,(H,23,27). The van der Waals surface area contributed by atoms with E-state index in [1.165, 1.54) is 0 Å². The van der Waals surface area contributed by atoms with Gasteiger partial charge in [-0.3, -0.25) is 4.90 Å². The molecule has 0 fully saturated rings. The second-order valence-corrected chi connectivity index (χ2v) is 6.90. The van der Waals surface area contributed by atoms with Crippen LogP contribution >= 0.6 is 11.6 Å². The monoisotopic (exact) mass is 394 g/mol. The number of benzene rings is 2. The predicted octanol–water partition coefficient (Wildman–Crippen LogP) is 4.91. The third-order valence-corrected chi connectivity index (χ3v) is 5.06. The van der Waals surface area contributed by atoms with Crippen LogP contribution in [0.2, 0.25) is 5.02 Å². The maximum atomic E-state index is 12.6. The quantitative estimate of drug-likeness (QED) is 0.682. The number of hydrogen-bond acceptors (Lipinski definition) is 4. The highest BCUT2D eigenvalue weighted by Crippen LogP contribution is 2.37. The molecule has 1 N–H and O–H groups in total. The zero-order valence-corrected chi connectivity index (χ0v) is 16.3. The van der Waals surface area contributed by atoms with Crippen molar-refractivity contribution >= 4 is 23.2 Å². The van der Waals surface area contributed by atoms with E-state index in [2.05, 4.69) is 15.5 Å². The Balaban J connectivity index is 1.82. The third-order valence-electron chi connectivity index (χ3n) is 4.80. The summed E-state index contributed by atoms with van der Waals surface area (Å²) in [7, 11) is 0. The Kier molecular flexibility index (Phi) is 4.88. The van der Waals surface area contributed by atoms with Crippen molar-refractivity contribution in [3.63, 3.8) is 0 Å². The molecule has 1 unspecified atom stereocenters. The first-order valence-electron chi connectivity index (χ1n) is 9.02. The molecule has 1 aliphatic heterocycles. The van der Waals surface area contributed by atoms with Gasteiger partial charge in [-0.2, -0.15) is 4.98 Å². The molecule has 142 valence electrons. The summed E-state index contributed by atoms with van der Waals surface area (Å²) in [6.07, 6.45) is 0. The molecule has 1 atom stereocenters. The number of carbonyl (C=O) groups excluding carboxylic acids is 1. The van der Waals surface area contributed by atoms with E-state index in [9.17, 15) is 4.79 Å². The van der Waals surface area contributed by atoms with Gasteiger partial charge in [0, 0.05) is 22.8 Å². The Morgan fingerprint density at radius 2 is 1.86 bits per heavy atom. The zero-order valence-electron chi connectivity index (χ0n) is 15.5. The van der Waals surface area contributed by atoms with Crippen LogP contribution in [0.25, 0.3) is 17.0 Å². The van der Waals surface area contributed by atoms with E-state index < -0.39 is 6.04 Å². The summed E-state index contributed by atoms with van der Waals surface area (Å²) in [5.41, 5.74) is 3.32. The minimum atomic E-state index is -0.406. The third kappa shape index (κ3) is 3.27. The van der Waals surface area contributed by atoms with E-state index in [1.807, 2.05) is 56.3 Å². The number of halogens is 1. The SMILES string of the molecule is CCN1C(=O)NC(c2ccc(Cl)cc2)C(c2nc(-c3ccccc3)no2)=C1C. The highest BCUT2D eigenvalue weighted by atomic mass is 35.5. The normalized spacial score (nSPS) is 17.0. The molecular weight excluding hydrogens is 376 g/mol. The van der Waals surface area contributed by atoms with Crippen LogP contribution in [-0.4, -0.2) is 27.6 Å². The molecule has 1 aliphatic rings. The molecule has 0 saturated heterocycles. The summed E-state index contributed by atoms with van der Waals surface area (Å²) >= 11 is 6.03. The highest BCUT2D eigenvalue weighted by molar-refractivity contribution is 6.30. The number of aromatic nitrogens is 2. The minimum absolute atomic E-state index is 0.161. The summed E-state index contributed by atoms with van der Waals surface area (Å²) in [6, 6.07) is 16.4. The first kappa shape index (κ1) is 18.3. The molecule has 1 aromatic heterocycles. The average molecular weight is 395 g/mol. The molecule has 2 heterocycles. The van der Waals surface area contributed by atoms with Crippen LogP contribution in [-0.2, 0) is 0 Å². The summed E-state index contributed by atoms with van der Waals surface area (Å²) in [6.45, 7) is 4.35. The maximum Gasteiger partial charge on any atom is 0.322 e. The largest absolute Gasteiger partial charge is 0.334 e. The van der Waals surface area contributed by atoms with E-state index in [4.69, 9.17) is 16.1 Å². The molecule has 3 aromatic rings. The van der Waals surface area contributed by atoms with E-state index in [-0.39, 0.29) is 6.03 Å². The van der Waals surface area contributed by atoms with Gasteiger partial charge < -0.3 is 9.84 Å². The summed E-state index contributed by atoms with van der Waals surface area (Å²) in [4.78, 5) is 18.8. The topological polar surface area (TPSA) is 71.3 Å². The van der Waals surface area contributed by atoms with Crippen LogP contribution in [0.15, 0.2) is 64.8 Å². The van der Waals surface area contributed by atoms with Crippen molar-refractivity contribution in [2.24, 2.45) is 0 Å². The van der Waals surface area contributed by atoms with Crippen LogP contribution in [0.3, 0.4) is 0 Å². The Hall–Kier alpha value is -3.12. The van der Waals surface area contributed by atoms with Gasteiger partial charge in [-0.15, -0.1) is 0 Å². The molecule has 0 bridgehead atoms. The Labute approximate surface area is 167 Å². The van der Waals surface area contributed by atoms with Crippen LogP contribution < -0.4 is 5.32 Å². The lowest BCUT2D eigenvalue weighted by Gasteiger charge is -2.34. The summed E-state index contributed by atoms with van der Waals surface area (Å²) in [5, 5.41) is 7.81. The number of allylic oxidation sites excluding steroid dienone is 1. The molecule has 0 saturated carbocycles. The van der Waals surface area contributed by atoms with Gasteiger partial charge in [0.2, 0.25) is 5.82 Å². The number of rotatable bonds is 4. The van der Waals surface area contributed by atoms with Crippen LogP contribution in [0.1, 0.15) is 31.3 Å². The van der Waals surface area contributed by atoms with Gasteiger partial charge in [-0.25, -0.2) is 4.79 Å². The lowest BCUT2D eigenvalue weighted by Crippen LogP contribution is -2.45. The van der Waals surface area contributed by atoms with E-state index in [0.717, 1.165) is 22.4 Å². The first-order valence-corrected chi connectivity index (χ1v) is 9.40. The maximum absolute atomic E-state index is 12.6. The van der Waals surface area contributed by atoms with Gasteiger partial charge in [0.1, 0.15) is 0 Å². The number of urea groups is 1.